The number of benzene rings is 1. The summed E-state index contributed by atoms with van der Waals surface area (Å²) in [5.41, 5.74) is 4.55. The van der Waals surface area contributed by atoms with Crippen LogP contribution in [0.15, 0.2) is 55.0 Å². The minimum atomic E-state index is -3.57. The molecule has 4 aromatic rings. The van der Waals surface area contributed by atoms with Crippen molar-refractivity contribution in [2.24, 2.45) is 0 Å². The Kier molecular flexibility index (Phi) is 5.69. The largest absolute Gasteiger partial charge is 0.378 e. The quantitative estimate of drug-likeness (QED) is 0.451. The Hall–Kier alpha value is -3.50. The molecule has 1 saturated heterocycles. The van der Waals surface area contributed by atoms with Crippen LogP contribution in [0.2, 0.25) is 0 Å². The Morgan fingerprint density at radius 2 is 1.85 bits per heavy atom. The van der Waals surface area contributed by atoms with Crippen LogP contribution in [-0.2, 0) is 20.5 Å². The lowest BCUT2D eigenvalue weighted by Gasteiger charge is -2.27. The van der Waals surface area contributed by atoms with E-state index in [9.17, 15) is 8.42 Å². The number of rotatable bonds is 6. The van der Waals surface area contributed by atoms with Crippen molar-refractivity contribution in [3.05, 3.63) is 66.2 Å². The highest BCUT2D eigenvalue weighted by atomic mass is 32.2. The molecule has 0 spiro atoms. The van der Waals surface area contributed by atoms with Gasteiger partial charge in [0.1, 0.15) is 23.5 Å². The number of aromatic amines is 1. The van der Waals surface area contributed by atoms with Gasteiger partial charge in [0, 0.05) is 30.7 Å². The minimum absolute atomic E-state index is 0.181. The van der Waals surface area contributed by atoms with Crippen LogP contribution < -0.4 is 9.62 Å². The Bertz CT molecular complexity index is 1360. The third-order valence-corrected chi connectivity index (χ3v) is 6.72. The number of aromatic nitrogens is 4. The molecule has 0 aliphatic carbocycles. The first kappa shape index (κ1) is 21.4. The van der Waals surface area contributed by atoms with Crippen LogP contribution >= 0.6 is 0 Å². The molecule has 0 amide bonds. The number of H-pyrrole nitrogens is 1. The Morgan fingerprint density at radius 3 is 2.58 bits per heavy atom. The molecule has 2 N–H and O–H groups in total. The molecule has 1 aliphatic rings. The van der Waals surface area contributed by atoms with Crippen molar-refractivity contribution in [1.29, 1.82) is 0 Å². The fraction of sp³-hybridized carbons (Fsp3) is 0.261. The molecule has 33 heavy (non-hydrogen) atoms. The molecule has 9 nitrogen and oxygen atoms in total. The molecular formula is C23H24N6O3S. The summed E-state index contributed by atoms with van der Waals surface area (Å²) >= 11 is 0. The Balaban J connectivity index is 1.34. The normalized spacial score (nSPS) is 14.5. The number of hydrogen-bond donors (Lipinski definition) is 2. The van der Waals surface area contributed by atoms with E-state index in [1.807, 2.05) is 31.2 Å². The standard InChI is InChI=1S/C23H24N6O3S/c1-16-2-5-19(24-13-16)14-33(30,31)28-18-6-3-17(4-7-18)21-12-20-22(27-21)25-15-26-23(20)29-8-10-32-11-9-29/h2-7,12-13,15,28H,8-11,14H2,1H3,(H,25,26,27). The predicted molar refractivity (Wildman–Crippen MR) is 128 cm³/mol. The summed E-state index contributed by atoms with van der Waals surface area (Å²) in [6.45, 7) is 4.85. The summed E-state index contributed by atoms with van der Waals surface area (Å²) in [6.07, 6.45) is 3.23. The van der Waals surface area contributed by atoms with E-state index in [0.29, 0.717) is 24.6 Å². The number of nitrogens with one attached hydrogen (secondary N) is 2. The maximum absolute atomic E-state index is 12.5. The van der Waals surface area contributed by atoms with E-state index >= 15 is 0 Å². The summed E-state index contributed by atoms with van der Waals surface area (Å²) in [5.74, 6) is 0.708. The third kappa shape index (κ3) is 4.81. The van der Waals surface area contributed by atoms with Gasteiger partial charge in [-0.05, 0) is 42.3 Å². The second-order valence-corrected chi connectivity index (χ2v) is 9.73. The predicted octanol–water partition coefficient (Wildman–Crippen LogP) is 3.11. The first-order valence-corrected chi connectivity index (χ1v) is 12.3. The molecule has 5 rings (SSSR count). The van der Waals surface area contributed by atoms with Gasteiger partial charge in [0.05, 0.1) is 24.3 Å². The summed E-state index contributed by atoms with van der Waals surface area (Å²) in [7, 11) is -3.57. The van der Waals surface area contributed by atoms with E-state index in [4.69, 9.17) is 4.74 Å². The number of sulfonamides is 1. The monoisotopic (exact) mass is 464 g/mol. The molecule has 1 aromatic carbocycles. The van der Waals surface area contributed by atoms with Crippen molar-refractivity contribution in [3.63, 3.8) is 0 Å². The first-order chi connectivity index (χ1) is 16.0. The van der Waals surface area contributed by atoms with Crippen LogP contribution in [0.3, 0.4) is 0 Å². The summed E-state index contributed by atoms with van der Waals surface area (Å²) < 4.78 is 33.1. The fourth-order valence-corrected chi connectivity index (χ4v) is 4.95. The van der Waals surface area contributed by atoms with E-state index in [0.717, 1.165) is 46.8 Å². The molecule has 10 heteroatoms. The second kappa shape index (κ2) is 8.80. The van der Waals surface area contributed by atoms with Gasteiger partial charge in [0.2, 0.25) is 10.0 Å². The van der Waals surface area contributed by atoms with Crippen LogP contribution in [0, 0.1) is 6.92 Å². The van der Waals surface area contributed by atoms with Crippen LogP contribution in [0.4, 0.5) is 11.5 Å². The summed E-state index contributed by atoms with van der Waals surface area (Å²) in [5, 5.41) is 0.949. The van der Waals surface area contributed by atoms with Crippen molar-refractivity contribution in [3.8, 4) is 11.3 Å². The number of ether oxygens (including phenoxy) is 1. The Morgan fingerprint density at radius 1 is 1.06 bits per heavy atom. The zero-order valence-electron chi connectivity index (χ0n) is 18.2. The van der Waals surface area contributed by atoms with E-state index in [-0.39, 0.29) is 5.75 Å². The van der Waals surface area contributed by atoms with E-state index < -0.39 is 10.0 Å². The second-order valence-electron chi connectivity index (χ2n) is 8.01. The topological polar surface area (TPSA) is 113 Å². The molecule has 0 radical (unpaired) electrons. The van der Waals surface area contributed by atoms with Gasteiger partial charge >= 0.3 is 0 Å². The molecule has 3 aromatic heterocycles. The van der Waals surface area contributed by atoms with Crippen molar-refractivity contribution < 1.29 is 13.2 Å². The van der Waals surface area contributed by atoms with Gasteiger partial charge in [-0.3, -0.25) is 9.71 Å². The molecule has 0 unspecified atom stereocenters. The van der Waals surface area contributed by atoms with Crippen LogP contribution in [0.1, 0.15) is 11.3 Å². The van der Waals surface area contributed by atoms with Crippen LogP contribution in [0.25, 0.3) is 22.3 Å². The van der Waals surface area contributed by atoms with Crippen molar-refractivity contribution in [2.75, 3.05) is 35.9 Å². The van der Waals surface area contributed by atoms with Gasteiger partial charge in [-0.2, -0.15) is 0 Å². The van der Waals surface area contributed by atoms with Crippen LogP contribution in [-0.4, -0.2) is 54.7 Å². The SMILES string of the molecule is Cc1ccc(CS(=O)(=O)Nc2ccc(-c3cc4c(N5CCOCC5)ncnc4[nH]3)cc2)nc1. The fourth-order valence-electron chi connectivity index (χ4n) is 3.82. The molecule has 0 bridgehead atoms. The van der Waals surface area contributed by atoms with E-state index in [2.05, 4.69) is 29.6 Å². The Labute approximate surface area is 191 Å². The maximum Gasteiger partial charge on any atom is 0.238 e. The molecular weight excluding hydrogens is 440 g/mol. The summed E-state index contributed by atoms with van der Waals surface area (Å²) in [4.78, 5) is 18.6. The van der Waals surface area contributed by atoms with Gasteiger partial charge in [-0.15, -0.1) is 0 Å². The number of nitrogens with zero attached hydrogens (tertiary/aromatic N) is 4. The molecule has 4 heterocycles. The van der Waals surface area contributed by atoms with Gasteiger partial charge < -0.3 is 14.6 Å². The summed E-state index contributed by atoms with van der Waals surface area (Å²) in [6, 6.07) is 12.8. The number of anilines is 2. The lowest BCUT2D eigenvalue weighted by atomic mass is 10.1. The molecule has 170 valence electrons. The lowest BCUT2D eigenvalue weighted by Crippen LogP contribution is -2.36. The smallest absolute Gasteiger partial charge is 0.238 e. The number of aryl methyl sites for hydroxylation is 1. The minimum Gasteiger partial charge on any atom is -0.378 e. The molecule has 1 aliphatic heterocycles. The first-order valence-electron chi connectivity index (χ1n) is 10.7. The third-order valence-electron chi connectivity index (χ3n) is 5.50. The number of fused-ring (bicyclic) bond motifs is 1. The number of morpholine rings is 1. The van der Waals surface area contributed by atoms with Gasteiger partial charge in [0.25, 0.3) is 0 Å². The highest BCUT2D eigenvalue weighted by Crippen LogP contribution is 2.29. The van der Waals surface area contributed by atoms with Gasteiger partial charge in [-0.25, -0.2) is 18.4 Å². The zero-order valence-corrected chi connectivity index (χ0v) is 19.0. The highest BCUT2D eigenvalue weighted by molar-refractivity contribution is 7.91. The average Bonchev–Trinajstić information content (AvgIpc) is 3.26. The van der Waals surface area contributed by atoms with E-state index in [1.54, 1.807) is 30.7 Å². The van der Waals surface area contributed by atoms with Crippen molar-refractivity contribution >= 4 is 32.6 Å². The van der Waals surface area contributed by atoms with Crippen molar-refractivity contribution in [1.82, 2.24) is 19.9 Å². The van der Waals surface area contributed by atoms with Crippen molar-refractivity contribution in [2.45, 2.75) is 12.7 Å². The number of pyridine rings is 1. The number of hydrogen-bond acceptors (Lipinski definition) is 7. The molecule has 1 fully saturated rings. The average molecular weight is 465 g/mol. The van der Waals surface area contributed by atoms with Gasteiger partial charge in [-0.1, -0.05) is 18.2 Å². The highest BCUT2D eigenvalue weighted by Gasteiger charge is 2.18. The van der Waals surface area contributed by atoms with Crippen LogP contribution in [0.5, 0.6) is 0 Å². The molecule has 0 atom stereocenters. The zero-order chi connectivity index (χ0) is 22.8. The van der Waals surface area contributed by atoms with Gasteiger partial charge in [0.15, 0.2) is 0 Å². The maximum atomic E-state index is 12.5. The lowest BCUT2D eigenvalue weighted by molar-refractivity contribution is 0.122. The molecule has 0 saturated carbocycles. The van der Waals surface area contributed by atoms with E-state index in [1.165, 1.54) is 0 Å².